The Hall–Kier alpha value is -0.153. The van der Waals surface area contributed by atoms with Gasteiger partial charge in [-0.05, 0) is 51.2 Å². The van der Waals surface area contributed by atoms with Crippen molar-refractivity contribution in [2.45, 2.75) is 84.5 Å². The first kappa shape index (κ1) is 17.8. The molecule has 0 saturated heterocycles. The second-order valence-corrected chi connectivity index (χ2v) is 12.4. The van der Waals surface area contributed by atoms with Gasteiger partial charge in [-0.3, -0.25) is 0 Å². The average Bonchev–Trinajstić information content (AvgIpc) is 2.13. The maximum atomic E-state index is 10.6. The van der Waals surface area contributed by atoms with E-state index in [1.165, 1.54) is 0 Å². The Morgan fingerprint density at radius 1 is 1.17 bits per heavy atom. The van der Waals surface area contributed by atoms with Crippen molar-refractivity contribution in [1.82, 2.24) is 0 Å². The van der Waals surface area contributed by atoms with Crippen LogP contribution in [0.3, 0.4) is 0 Å². The molecule has 0 aliphatic carbocycles. The molecule has 0 saturated carbocycles. The number of hydrogen-bond acceptors (Lipinski definition) is 2. The van der Waals surface area contributed by atoms with Crippen LogP contribution in [0.15, 0.2) is 0 Å². The molecule has 0 heterocycles. The molecule has 1 unspecified atom stereocenters. The van der Waals surface area contributed by atoms with Gasteiger partial charge in [-0.15, -0.1) is 0 Å². The van der Waals surface area contributed by atoms with Crippen LogP contribution < -0.4 is 0 Å². The Bertz CT molecular complexity index is 264. The van der Waals surface area contributed by atoms with Gasteiger partial charge in [0.25, 0.3) is 0 Å². The molecule has 3 heteroatoms. The molecule has 0 aromatic carbocycles. The highest BCUT2D eigenvalue weighted by molar-refractivity contribution is 6.74. The standard InChI is InChI=1S/C15H32O2Si/c1-13(12-16)10-9-11-15(5,6)17-18(7,8)14(2,3)4/h12-13H,9-11H2,1-8H3. The third-order valence-corrected chi connectivity index (χ3v) is 8.68. The molecule has 0 aromatic heterocycles. The molecule has 0 radical (unpaired) electrons. The van der Waals surface area contributed by atoms with E-state index in [9.17, 15) is 4.79 Å². The van der Waals surface area contributed by atoms with Crippen LogP contribution in [0, 0.1) is 5.92 Å². The van der Waals surface area contributed by atoms with E-state index >= 15 is 0 Å². The molecule has 0 rings (SSSR count). The van der Waals surface area contributed by atoms with Gasteiger partial charge < -0.3 is 9.22 Å². The Morgan fingerprint density at radius 3 is 2.06 bits per heavy atom. The summed E-state index contributed by atoms with van der Waals surface area (Å²) in [6.45, 7) is 17.7. The fraction of sp³-hybridized carbons (Fsp3) is 0.933. The van der Waals surface area contributed by atoms with E-state index in [1.807, 2.05) is 6.92 Å². The summed E-state index contributed by atoms with van der Waals surface area (Å²) in [5, 5.41) is 0.250. The van der Waals surface area contributed by atoms with Crippen LogP contribution in [0.4, 0.5) is 0 Å². The smallest absolute Gasteiger partial charge is 0.192 e. The van der Waals surface area contributed by atoms with Gasteiger partial charge in [0.15, 0.2) is 8.32 Å². The van der Waals surface area contributed by atoms with Gasteiger partial charge in [0, 0.05) is 5.92 Å². The van der Waals surface area contributed by atoms with Crippen molar-refractivity contribution in [2.75, 3.05) is 0 Å². The maximum absolute atomic E-state index is 10.6. The van der Waals surface area contributed by atoms with Crippen molar-refractivity contribution in [3.8, 4) is 0 Å². The largest absolute Gasteiger partial charge is 0.412 e. The predicted octanol–water partition coefficient (Wildman–Crippen LogP) is 4.79. The second kappa shape index (κ2) is 6.33. The van der Waals surface area contributed by atoms with Gasteiger partial charge in [0.2, 0.25) is 0 Å². The normalized spacial score (nSPS) is 15.6. The highest BCUT2D eigenvalue weighted by atomic mass is 28.4. The van der Waals surface area contributed by atoms with Crippen molar-refractivity contribution in [2.24, 2.45) is 5.92 Å². The van der Waals surface area contributed by atoms with E-state index in [0.717, 1.165) is 25.5 Å². The molecule has 1 atom stereocenters. The lowest BCUT2D eigenvalue weighted by atomic mass is 9.98. The van der Waals surface area contributed by atoms with E-state index in [0.29, 0.717) is 0 Å². The summed E-state index contributed by atoms with van der Waals surface area (Å²) in [4.78, 5) is 10.6. The minimum atomic E-state index is -1.70. The van der Waals surface area contributed by atoms with Gasteiger partial charge in [-0.25, -0.2) is 0 Å². The Balaban J connectivity index is 4.35. The second-order valence-electron chi connectivity index (χ2n) is 7.63. The Morgan fingerprint density at radius 2 is 1.67 bits per heavy atom. The summed E-state index contributed by atoms with van der Waals surface area (Å²) < 4.78 is 6.46. The highest BCUT2D eigenvalue weighted by Gasteiger charge is 2.41. The predicted molar refractivity (Wildman–Crippen MR) is 81.4 cm³/mol. The van der Waals surface area contributed by atoms with E-state index in [4.69, 9.17) is 4.43 Å². The summed E-state index contributed by atoms with van der Waals surface area (Å²) in [7, 11) is -1.70. The first-order valence-electron chi connectivity index (χ1n) is 7.07. The molecule has 0 N–H and O–H groups in total. The summed E-state index contributed by atoms with van der Waals surface area (Å²) >= 11 is 0. The Labute approximate surface area is 115 Å². The zero-order valence-electron chi connectivity index (χ0n) is 13.6. The minimum Gasteiger partial charge on any atom is -0.412 e. The van der Waals surface area contributed by atoms with Gasteiger partial charge in [0.05, 0.1) is 5.60 Å². The molecule has 0 bridgehead atoms. The molecule has 2 nitrogen and oxygen atoms in total. The number of hydrogen-bond donors (Lipinski definition) is 0. The van der Waals surface area contributed by atoms with Crippen LogP contribution in [0.25, 0.3) is 0 Å². The molecular weight excluding hydrogens is 240 g/mol. The van der Waals surface area contributed by atoms with E-state index < -0.39 is 8.32 Å². The van der Waals surface area contributed by atoms with Crippen LogP contribution in [0.2, 0.25) is 18.1 Å². The molecule has 0 aliphatic heterocycles. The highest BCUT2D eigenvalue weighted by Crippen LogP contribution is 2.40. The molecule has 0 spiro atoms. The quantitative estimate of drug-likeness (QED) is 0.492. The molecule has 18 heavy (non-hydrogen) atoms. The first-order chi connectivity index (χ1) is 7.91. The molecule has 0 aromatic rings. The van der Waals surface area contributed by atoms with Gasteiger partial charge in [0.1, 0.15) is 6.29 Å². The van der Waals surface area contributed by atoms with Crippen LogP contribution in [0.5, 0.6) is 0 Å². The lowest BCUT2D eigenvalue weighted by Gasteiger charge is -2.43. The SMILES string of the molecule is CC(C=O)CCCC(C)(C)O[Si](C)(C)C(C)(C)C. The van der Waals surface area contributed by atoms with E-state index in [2.05, 4.69) is 47.7 Å². The molecule has 0 fully saturated rings. The van der Waals surface area contributed by atoms with Crippen LogP contribution in [-0.4, -0.2) is 20.2 Å². The fourth-order valence-electron chi connectivity index (χ4n) is 1.81. The maximum Gasteiger partial charge on any atom is 0.192 e. The molecule has 108 valence electrons. The van der Waals surface area contributed by atoms with Gasteiger partial charge >= 0.3 is 0 Å². The lowest BCUT2D eigenvalue weighted by Crippen LogP contribution is -2.47. The van der Waals surface area contributed by atoms with Gasteiger partial charge in [-0.1, -0.05) is 27.7 Å². The van der Waals surface area contributed by atoms with Crippen molar-refractivity contribution >= 4 is 14.6 Å². The van der Waals surface area contributed by atoms with Crippen molar-refractivity contribution < 1.29 is 9.22 Å². The molecule has 0 amide bonds. The molecule has 0 aliphatic rings. The van der Waals surface area contributed by atoms with Crippen molar-refractivity contribution in [3.05, 3.63) is 0 Å². The topological polar surface area (TPSA) is 26.3 Å². The summed E-state index contributed by atoms with van der Waals surface area (Å²) in [6.07, 6.45) is 4.09. The third kappa shape index (κ3) is 6.14. The van der Waals surface area contributed by atoms with Crippen LogP contribution in [0.1, 0.15) is 60.8 Å². The fourth-order valence-corrected chi connectivity index (χ4v) is 3.60. The van der Waals surface area contributed by atoms with Crippen molar-refractivity contribution in [1.29, 1.82) is 0 Å². The molecular formula is C15H32O2Si. The van der Waals surface area contributed by atoms with Crippen LogP contribution >= 0.6 is 0 Å². The zero-order chi connectivity index (χ0) is 14.6. The lowest BCUT2D eigenvalue weighted by molar-refractivity contribution is -0.110. The zero-order valence-corrected chi connectivity index (χ0v) is 14.6. The average molecular weight is 273 g/mol. The van der Waals surface area contributed by atoms with Crippen molar-refractivity contribution in [3.63, 3.8) is 0 Å². The van der Waals surface area contributed by atoms with E-state index in [-0.39, 0.29) is 16.6 Å². The minimum absolute atomic E-state index is 0.0778. The Kier molecular flexibility index (Phi) is 6.28. The summed E-state index contributed by atoms with van der Waals surface area (Å²) in [5.41, 5.74) is -0.0778. The third-order valence-electron chi connectivity index (χ3n) is 4.01. The monoisotopic (exact) mass is 272 g/mol. The number of aldehydes is 1. The van der Waals surface area contributed by atoms with E-state index in [1.54, 1.807) is 0 Å². The summed E-state index contributed by atoms with van der Waals surface area (Å²) in [6, 6.07) is 0. The number of carbonyl (C=O) groups is 1. The number of rotatable bonds is 7. The number of carbonyl (C=O) groups excluding carboxylic acids is 1. The van der Waals surface area contributed by atoms with Crippen LogP contribution in [-0.2, 0) is 9.22 Å². The summed E-state index contributed by atoms with van der Waals surface area (Å²) in [5.74, 6) is 0.175. The first-order valence-corrected chi connectivity index (χ1v) is 9.97. The van der Waals surface area contributed by atoms with Gasteiger partial charge in [-0.2, -0.15) is 0 Å².